The average molecular weight is 435 g/mol. The molecule has 1 aromatic heterocycles. The summed E-state index contributed by atoms with van der Waals surface area (Å²) in [4.78, 5) is 46.1. The summed E-state index contributed by atoms with van der Waals surface area (Å²) in [5, 5.41) is 13.8. The number of methoxy groups -OCH3 is 1. The normalized spacial score (nSPS) is 10.4. The molecule has 0 saturated heterocycles. The third kappa shape index (κ3) is 4.76. The number of nitrogens with zero attached hydrogens (tertiary/aromatic N) is 2. The molecular weight excluding hydrogens is 425 g/mol. The van der Waals surface area contributed by atoms with E-state index in [1.165, 1.54) is 12.1 Å². The van der Waals surface area contributed by atoms with Gasteiger partial charge in [0.15, 0.2) is 0 Å². The Morgan fingerprint density at radius 2 is 1.81 bits per heavy atom. The number of anilines is 1. The summed E-state index contributed by atoms with van der Waals surface area (Å²) >= 11 is 17.6. The van der Waals surface area contributed by atoms with Crippen LogP contribution in [0.4, 0.5) is 11.4 Å². The van der Waals surface area contributed by atoms with Gasteiger partial charge in [-0.2, -0.15) is 0 Å². The SMILES string of the molecule is COC(=O)c1cc([N+](=O)[O-])c(=O)n(CC(=O)Nc2cc(Cl)c(Cl)cc2Cl)c1. The van der Waals surface area contributed by atoms with E-state index in [9.17, 15) is 24.5 Å². The molecule has 0 unspecified atom stereocenters. The molecule has 9 nitrogen and oxygen atoms in total. The molecule has 0 saturated carbocycles. The van der Waals surface area contributed by atoms with Crippen LogP contribution in [0.25, 0.3) is 0 Å². The van der Waals surface area contributed by atoms with E-state index in [1.807, 2.05) is 0 Å². The average Bonchev–Trinajstić information content (AvgIpc) is 2.60. The van der Waals surface area contributed by atoms with E-state index in [0.717, 1.165) is 19.4 Å². The number of esters is 1. The molecule has 27 heavy (non-hydrogen) atoms. The zero-order chi connectivity index (χ0) is 20.3. The summed E-state index contributed by atoms with van der Waals surface area (Å²) in [7, 11) is 1.07. The number of hydrogen-bond acceptors (Lipinski definition) is 6. The van der Waals surface area contributed by atoms with Gasteiger partial charge in [-0.15, -0.1) is 0 Å². The third-order valence-corrected chi connectivity index (χ3v) is 4.32. The summed E-state index contributed by atoms with van der Waals surface area (Å²) in [5.41, 5.74) is -2.08. The number of halogens is 3. The molecule has 0 aliphatic rings. The summed E-state index contributed by atoms with van der Waals surface area (Å²) in [6.07, 6.45) is 0.983. The predicted molar refractivity (Wildman–Crippen MR) is 98.8 cm³/mol. The number of ether oxygens (including phenoxy) is 1. The maximum absolute atomic E-state index is 12.2. The molecule has 1 N–H and O–H groups in total. The first kappa shape index (κ1) is 20.7. The van der Waals surface area contributed by atoms with Gasteiger partial charge in [0.1, 0.15) is 6.54 Å². The largest absolute Gasteiger partial charge is 0.465 e. The Morgan fingerprint density at radius 3 is 2.41 bits per heavy atom. The van der Waals surface area contributed by atoms with Gasteiger partial charge in [0.2, 0.25) is 5.91 Å². The number of nitro groups is 1. The molecule has 0 aliphatic heterocycles. The summed E-state index contributed by atoms with van der Waals surface area (Å²) in [5.74, 6) is -1.64. The second-order valence-electron chi connectivity index (χ2n) is 5.09. The van der Waals surface area contributed by atoms with E-state index in [1.54, 1.807) is 0 Å². The van der Waals surface area contributed by atoms with Crippen LogP contribution in [0, 0.1) is 10.1 Å². The van der Waals surface area contributed by atoms with Gasteiger partial charge >= 0.3 is 17.2 Å². The molecule has 0 fully saturated rings. The molecule has 0 aliphatic carbocycles. The lowest BCUT2D eigenvalue weighted by atomic mass is 10.2. The Balaban J connectivity index is 2.36. The van der Waals surface area contributed by atoms with Crippen molar-refractivity contribution in [2.45, 2.75) is 6.54 Å². The van der Waals surface area contributed by atoms with Crippen molar-refractivity contribution in [3.63, 3.8) is 0 Å². The smallest absolute Gasteiger partial charge is 0.339 e. The van der Waals surface area contributed by atoms with Crippen molar-refractivity contribution in [1.29, 1.82) is 0 Å². The van der Waals surface area contributed by atoms with Crippen LogP contribution in [-0.2, 0) is 16.1 Å². The molecule has 0 atom stereocenters. The van der Waals surface area contributed by atoms with E-state index < -0.39 is 34.6 Å². The van der Waals surface area contributed by atoms with Crippen LogP contribution in [0.1, 0.15) is 10.4 Å². The van der Waals surface area contributed by atoms with E-state index in [4.69, 9.17) is 34.8 Å². The van der Waals surface area contributed by atoms with Gasteiger partial charge in [-0.1, -0.05) is 34.8 Å². The molecule has 1 amide bonds. The Kier molecular flexibility index (Phi) is 6.42. The fourth-order valence-electron chi connectivity index (χ4n) is 2.06. The van der Waals surface area contributed by atoms with Crippen molar-refractivity contribution in [1.82, 2.24) is 4.57 Å². The molecule has 1 aromatic carbocycles. The van der Waals surface area contributed by atoms with Crippen molar-refractivity contribution in [3.05, 3.63) is 65.5 Å². The standard InChI is InChI=1S/C15H10Cl3N3O6/c1-27-15(24)7-2-12(21(25)26)14(23)20(5-7)6-13(22)19-11-4-9(17)8(16)3-10(11)18/h2-5H,6H2,1H3,(H,19,22). The summed E-state index contributed by atoms with van der Waals surface area (Å²) in [6.45, 7) is -0.624. The number of nitrogens with one attached hydrogen (secondary N) is 1. The fourth-order valence-corrected chi connectivity index (χ4v) is 2.65. The van der Waals surface area contributed by atoms with Crippen LogP contribution in [-0.4, -0.2) is 28.5 Å². The van der Waals surface area contributed by atoms with Crippen molar-refractivity contribution in [3.8, 4) is 0 Å². The first-order valence-electron chi connectivity index (χ1n) is 7.05. The van der Waals surface area contributed by atoms with Crippen LogP contribution < -0.4 is 10.9 Å². The van der Waals surface area contributed by atoms with Gasteiger partial charge in [0, 0.05) is 12.3 Å². The minimum atomic E-state index is -1.07. The lowest BCUT2D eigenvalue weighted by Gasteiger charge is -2.11. The highest BCUT2D eigenvalue weighted by atomic mass is 35.5. The van der Waals surface area contributed by atoms with Crippen molar-refractivity contribution in [2.24, 2.45) is 0 Å². The highest BCUT2D eigenvalue weighted by molar-refractivity contribution is 6.44. The van der Waals surface area contributed by atoms with Gasteiger partial charge in [-0.3, -0.25) is 24.3 Å². The number of carbonyl (C=O) groups excluding carboxylic acids is 2. The Labute approximate surface area is 166 Å². The Hall–Kier alpha value is -2.62. The molecule has 1 heterocycles. The Bertz CT molecular complexity index is 1010. The second-order valence-corrected chi connectivity index (χ2v) is 6.31. The zero-order valence-corrected chi connectivity index (χ0v) is 15.8. The lowest BCUT2D eigenvalue weighted by molar-refractivity contribution is -0.386. The van der Waals surface area contributed by atoms with E-state index in [2.05, 4.69) is 10.1 Å². The number of rotatable bonds is 5. The van der Waals surface area contributed by atoms with Gasteiger partial charge in [0.25, 0.3) is 0 Å². The molecule has 0 radical (unpaired) electrons. The first-order valence-corrected chi connectivity index (χ1v) is 8.19. The topological polar surface area (TPSA) is 121 Å². The van der Waals surface area contributed by atoms with Crippen molar-refractivity contribution < 1.29 is 19.2 Å². The minimum Gasteiger partial charge on any atom is -0.465 e. The second kappa shape index (κ2) is 8.38. The quantitative estimate of drug-likeness (QED) is 0.334. The molecule has 2 rings (SSSR count). The molecule has 2 aromatic rings. The lowest BCUT2D eigenvalue weighted by Crippen LogP contribution is -2.29. The maximum Gasteiger partial charge on any atom is 0.339 e. The maximum atomic E-state index is 12.2. The van der Waals surface area contributed by atoms with E-state index in [-0.39, 0.29) is 26.3 Å². The minimum absolute atomic E-state index is 0.0967. The third-order valence-electron chi connectivity index (χ3n) is 3.28. The summed E-state index contributed by atoms with van der Waals surface area (Å²) in [6, 6.07) is 3.40. The van der Waals surface area contributed by atoms with Gasteiger partial charge in [-0.25, -0.2) is 4.79 Å². The molecule has 12 heteroatoms. The summed E-state index contributed by atoms with van der Waals surface area (Å²) < 4.78 is 5.20. The Morgan fingerprint density at radius 1 is 1.19 bits per heavy atom. The van der Waals surface area contributed by atoms with E-state index in [0.29, 0.717) is 4.57 Å². The number of aromatic nitrogens is 1. The van der Waals surface area contributed by atoms with Crippen LogP contribution in [0.3, 0.4) is 0 Å². The van der Waals surface area contributed by atoms with Crippen molar-refractivity contribution >= 4 is 58.1 Å². The number of carbonyl (C=O) groups is 2. The van der Waals surface area contributed by atoms with Gasteiger partial charge in [-0.05, 0) is 12.1 Å². The van der Waals surface area contributed by atoms with Crippen LogP contribution in [0.2, 0.25) is 15.1 Å². The molecule has 0 bridgehead atoms. The number of amides is 1. The predicted octanol–water partition coefficient (Wildman–Crippen LogP) is 3.14. The highest BCUT2D eigenvalue weighted by Gasteiger charge is 2.21. The fraction of sp³-hybridized carbons (Fsp3) is 0.133. The van der Waals surface area contributed by atoms with Gasteiger partial charge < -0.3 is 10.1 Å². The monoisotopic (exact) mass is 433 g/mol. The molecule has 0 spiro atoms. The first-order chi connectivity index (χ1) is 12.6. The molecule has 142 valence electrons. The number of pyridine rings is 1. The van der Waals surface area contributed by atoms with Crippen LogP contribution >= 0.6 is 34.8 Å². The van der Waals surface area contributed by atoms with Crippen LogP contribution in [0.5, 0.6) is 0 Å². The number of hydrogen-bond donors (Lipinski definition) is 1. The molecular formula is C15H10Cl3N3O6. The van der Waals surface area contributed by atoms with Crippen molar-refractivity contribution in [2.75, 3.05) is 12.4 Å². The highest BCUT2D eigenvalue weighted by Crippen LogP contribution is 2.32. The van der Waals surface area contributed by atoms with Gasteiger partial charge in [0.05, 0.1) is 38.4 Å². The zero-order valence-electron chi connectivity index (χ0n) is 13.5. The van der Waals surface area contributed by atoms with E-state index >= 15 is 0 Å². The van der Waals surface area contributed by atoms with Crippen LogP contribution in [0.15, 0.2) is 29.2 Å². The number of benzene rings is 1.